The molecule has 0 aliphatic carbocycles. The Bertz CT molecular complexity index is 1160. The Morgan fingerprint density at radius 2 is 1.87 bits per heavy atom. The Kier molecular flexibility index (Phi) is 5.26. The number of aromatic amines is 1. The summed E-state index contributed by atoms with van der Waals surface area (Å²) in [6.45, 7) is 9.20. The number of fused-ring (bicyclic) bond motifs is 1. The highest BCUT2D eigenvalue weighted by Gasteiger charge is 2.25. The van der Waals surface area contributed by atoms with Gasteiger partial charge in [0.05, 0.1) is 5.69 Å². The predicted molar refractivity (Wildman–Crippen MR) is 115 cm³/mol. The highest BCUT2D eigenvalue weighted by molar-refractivity contribution is 5.76. The summed E-state index contributed by atoms with van der Waals surface area (Å²) in [5.41, 5.74) is 6.41. The van der Waals surface area contributed by atoms with E-state index >= 15 is 0 Å². The molecule has 0 radical (unpaired) electrons. The fourth-order valence-corrected chi connectivity index (χ4v) is 4.46. The maximum absolute atomic E-state index is 12.7. The van der Waals surface area contributed by atoms with Crippen molar-refractivity contribution in [2.75, 3.05) is 13.1 Å². The zero-order chi connectivity index (χ0) is 21.6. The Morgan fingerprint density at radius 3 is 2.50 bits per heavy atom. The maximum Gasteiger partial charge on any atom is 0.275 e. The van der Waals surface area contributed by atoms with Gasteiger partial charge in [-0.25, -0.2) is 9.50 Å². The van der Waals surface area contributed by atoms with Gasteiger partial charge in [-0.2, -0.15) is 5.10 Å². The largest absolute Gasteiger partial charge is 0.343 e. The van der Waals surface area contributed by atoms with Crippen molar-refractivity contribution < 1.29 is 4.79 Å². The smallest absolute Gasteiger partial charge is 0.275 e. The van der Waals surface area contributed by atoms with Crippen LogP contribution >= 0.6 is 0 Å². The van der Waals surface area contributed by atoms with Crippen molar-refractivity contribution in [1.29, 1.82) is 0 Å². The van der Waals surface area contributed by atoms with Crippen LogP contribution in [0.1, 0.15) is 59.1 Å². The fourth-order valence-electron chi connectivity index (χ4n) is 4.46. The van der Waals surface area contributed by atoms with Gasteiger partial charge >= 0.3 is 0 Å². The first-order chi connectivity index (χ1) is 14.3. The van der Waals surface area contributed by atoms with E-state index in [-0.39, 0.29) is 11.5 Å². The molecule has 4 rings (SSSR count). The van der Waals surface area contributed by atoms with E-state index < -0.39 is 0 Å². The van der Waals surface area contributed by atoms with Crippen LogP contribution in [0, 0.1) is 27.7 Å². The van der Waals surface area contributed by atoms with Crippen LogP contribution in [0.3, 0.4) is 0 Å². The Morgan fingerprint density at radius 1 is 1.17 bits per heavy atom. The summed E-state index contributed by atoms with van der Waals surface area (Å²) in [5, 5.41) is 7.67. The number of rotatable bonds is 4. The normalized spacial score (nSPS) is 15.3. The number of nitrogens with zero attached hydrogens (tertiary/aromatic N) is 5. The summed E-state index contributed by atoms with van der Waals surface area (Å²) in [6, 6.07) is 1.98. The topological polar surface area (TPSA) is 88.3 Å². The molecule has 0 spiro atoms. The van der Waals surface area contributed by atoms with Gasteiger partial charge in [0.15, 0.2) is 5.65 Å². The first-order valence-electron chi connectivity index (χ1n) is 10.6. The molecule has 8 heteroatoms. The predicted octanol–water partition coefficient (Wildman–Crippen LogP) is 2.33. The molecule has 0 aromatic carbocycles. The van der Waals surface area contributed by atoms with Gasteiger partial charge in [-0.3, -0.25) is 19.4 Å². The number of piperidine rings is 1. The number of hydrogen-bond donors (Lipinski definition) is 1. The first kappa shape index (κ1) is 20.4. The van der Waals surface area contributed by atoms with Crippen molar-refractivity contribution in [2.24, 2.45) is 7.05 Å². The summed E-state index contributed by atoms with van der Waals surface area (Å²) >= 11 is 0. The molecule has 0 unspecified atom stereocenters. The fraction of sp³-hybridized carbons (Fsp3) is 0.545. The van der Waals surface area contributed by atoms with Gasteiger partial charge in [-0.1, -0.05) is 0 Å². The minimum Gasteiger partial charge on any atom is -0.343 e. The molecule has 160 valence electrons. The SMILES string of the molecule is Cc1nn(C)c(C)c1CCC(=O)N1CCC(c2cc3nc(C)c(C)c(=O)n3[nH]2)CC1. The summed E-state index contributed by atoms with van der Waals surface area (Å²) in [6.07, 6.45) is 3.02. The Hall–Kier alpha value is -2.90. The number of aryl methyl sites for hydroxylation is 3. The lowest BCUT2D eigenvalue weighted by molar-refractivity contribution is -0.132. The summed E-state index contributed by atoms with van der Waals surface area (Å²) < 4.78 is 3.41. The van der Waals surface area contributed by atoms with E-state index in [9.17, 15) is 9.59 Å². The van der Waals surface area contributed by atoms with Crippen LogP contribution in [-0.2, 0) is 18.3 Å². The van der Waals surface area contributed by atoms with E-state index in [2.05, 4.69) is 22.1 Å². The van der Waals surface area contributed by atoms with E-state index in [1.165, 1.54) is 10.1 Å². The van der Waals surface area contributed by atoms with E-state index in [1.807, 2.05) is 36.5 Å². The lowest BCUT2D eigenvalue weighted by atomic mass is 9.93. The molecule has 1 amide bonds. The molecule has 1 N–H and O–H groups in total. The zero-order valence-corrected chi connectivity index (χ0v) is 18.4. The summed E-state index contributed by atoms with van der Waals surface area (Å²) in [5.74, 6) is 0.510. The van der Waals surface area contributed by atoms with Crippen LogP contribution in [0.5, 0.6) is 0 Å². The highest BCUT2D eigenvalue weighted by atomic mass is 16.2. The van der Waals surface area contributed by atoms with Crippen LogP contribution in [0.2, 0.25) is 0 Å². The van der Waals surface area contributed by atoms with Crippen LogP contribution in [0.15, 0.2) is 10.9 Å². The Balaban J connectivity index is 1.39. The molecule has 3 aromatic rings. The molecule has 4 heterocycles. The van der Waals surface area contributed by atoms with Crippen molar-refractivity contribution in [2.45, 2.75) is 59.3 Å². The number of hydrogen-bond acceptors (Lipinski definition) is 4. The number of carbonyl (C=O) groups excluding carboxylic acids is 1. The molecule has 0 bridgehead atoms. The van der Waals surface area contributed by atoms with Gasteiger partial charge < -0.3 is 4.90 Å². The third-order valence-electron chi connectivity index (χ3n) is 6.64. The second kappa shape index (κ2) is 7.74. The quantitative estimate of drug-likeness (QED) is 0.715. The second-order valence-corrected chi connectivity index (χ2v) is 8.46. The van der Waals surface area contributed by atoms with Crippen molar-refractivity contribution >= 4 is 11.6 Å². The van der Waals surface area contributed by atoms with E-state index in [0.29, 0.717) is 23.5 Å². The number of carbonyl (C=O) groups is 1. The van der Waals surface area contributed by atoms with Crippen LogP contribution in [0.4, 0.5) is 0 Å². The van der Waals surface area contributed by atoms with E-state index in [1.54, 1.807) is 6.92 Å². The van der Waals surface area contributed by atoms with Crippen molar-refractivity contribution in [3.63, 3.8) is 0 Å². The Labute approximate surface area is 175 Å². The molecule has 30 heavy (non-hydrogen) atoms. The summed E-state index contributed by atoms with van der Waals surface area (Å²) in [4.78, 5) is 31.7. The zero-order valence-electron chi connectivity index (χ0n) is 18.4. The van der Waals surface area contributed by atoms with Gasteiger partial charge in [0.1, 0.15) is 0 Å². The standard InChI is InChI=1S/C22H30N6O2/c1-13-14(2)23-20-12-19(25-28(20)22(13)30)17-8-10-27(11-9-17)21(29)7-6-18-15(3)24-26(5)16(18)4/h12,17,25H,6-11H2,1-5H3. The maximum atomic E-state index is 12.7. The summed E-state index contributed by atoms with van der Waals surface area (Å²) in [7, 11) is 1.94. The number of nitrogens with one attached hydrogen (secondary N) is 1. The van der Waals surface area contributed by atoms with Gasteiger partial charge in [0.25, 0.3) is 5.56 Å². The molecule has 1 aliphatic rings. The number of H-pyrrole nitrogens is 1. The first-order valence-corrected chi connectivity index (χ1v) is 10.6. The van der Waals surface area contributed by atoms with Crippen molar-refractivity contribution in [1.82, 2.24) is 29.3 Å². The highest BCUT2D eigenvalue weighted by Crippen LogP contribution is 2.28. The average Bonchev–Trinajstić information content (AvgIpc) is 3.25. The van der Waals surface area contributed by atoms with Crippen LogP contribution in [-0.4, -0.2) is 48.3 Å². The van der Waals surface area contributed by atoms with Gasteiger partial charge in [-0.15, -0.1) is 0 Å². The average molecular weight is 411 g/mol. The third-order valence-corrected chi connectivity index (χ3v) is 6.64. The molecule has 1 saturated heterocycles. The molecule has 1 fully saturated rings. The van der Waals surface area contributed by atoms with Crippen LogP contribution in [0.25, 0.3) is 5.65 Å². The molecule has 0 atom stereocenters. The molecular formula is C22H30N6O2. The van der Waals surface area contributed by atoms with Gasteiger partial charge in [-0.05, 0) is 52.5 Å². The van der Waals surface area contributed by atoms with Crippen molar-refractivity contribution in [3.05, 3.63) is 50.3 Å². The molecule has 0 saturated carbocycles. The second-order valence-electron chi connectivity index (χ2n) is 8.46. The minimum atomic E-state index is -0.0441. The number of aromatic nitrogens is 5. The monoisotopic (exact) mass is 410 g/mol. The van der Waals surface area contributed by atoms with Gasteiger partial charge in [0.2, 0.25) is 5.91 Å². The van der Waals surface area contributed by atoms with Gasteiger partial charge in [0, 0.05) is 61.2 Å². The van der Waals surface area contributed by atoms with Crippen molar-refractivity contribution in [3.8, 4) is 0 Å². The third kappa shape index (κ3) is 3.55. The lowest BCUT2D eigenvalue weighted by Crippen LogP contribution is -2.38. The van der Waals surface area contributed by atoms with E-state index in [0.717, 1.165) is 55.1 Å². The number of likely N-dealkylation sites (tertiary alicyclic amines) is 1. The van der Waals surface area contributed by atoms with Crippen LogP contribution < -0.4 is 5.56 Å². The molecular weight excluding hydrogens is 380 g/mol. The lowest BCUT2D eigenvalue weighted by Gasteiger charge is -2.31. The molecule has 3 aromatic heterocycles. The minimum absolute atomic E-state index is 0.0441. The molecule has 1 aliphatic heterocycles. The molecule has 8 nitrogen and oxygen atoms in total. The number of amides is 1. The van der Waals surface area contributed by atoms with E-state index in [4.69, 9.17) is 0 Å².